The lowest BCUT2D eigenvalue weighted by atomic mass is 10.1. The van der Waals surface area contributed by atoms with Crippen molar-refractivity contribution in [1.29, 1.82) is 0 Å². The van der Waals surface area contributed by atoms with Crippen LogP contribution in [0.5, 0.6) is 0 Å². The normalized spacial score (nSPS) is 20.0. The monoisotopic (exact) mass is 303 g/mol. The molecule has 0 N–H and O–H groups in total. The van der Waals surface area contributed by atoms with Crippen LogP contribution in [0.25, 0.3) is 10.9 Å². The molecule has 1 aliphatic heterocycles. The quantitative estimate of drug-likeness (QED) is 0.760. The second kappa shape index (κ2) is 5.62. The molecule has 1 atom stereocenters. The van der Waals surface area contributed by atoms with Gasteiger partial charge in [-0.1, -0.05) is 29.8 Å². The summed E-state index contributed by atoms with van der Waals surface area (Å²) in [6.07, 6.45) is 0. The number of benzene rings is 1. The summed E-state index contributed by atoms with van der Waals surface area (Å²) in [6, 6.07) is 9.66. The van der Waals surface area contributed by atoms with E-state index in [2.05, 4.69) is 23.9 Å². The van der Waals surface area contributed by atoms with Crippen LogP contribution < -0.4 is 0 Å². The molecule has 1 amide bonds. The van der Waals surface area contributed by atoms with Gasteiger partial charge in [0.1, 0.15) is 5.15 Å². The van der Waals surface area contributed by atoms with E-state index in [9.17, 15) is 4.79 Å². The molecule has 2 heterocycles. The number of likely N-dealkylation sites (N-methyl/N-ethyl adjacent to an activating group) is 1. The molecule has 21 heavy (non-hydrogen) atoms. The third-order valence-corrected chi connectivity index (χ3v) is 4.36. The number of hydrogen-bond donors (Lipinski definition) is 0. The first-order chi connectivity index (χ1) is 10.1. The van der Waals surface area contributed by atoms with E-state index in [0.717, 1.165) is 30.5 Å². The predicted molar refractivity (Wildman–Crippen MR) is 84.7 cm³/mol. The van der Waals surface area contributed by atoms with Gasteiger partial charge in [0.2, 0.25) is 0 Å². The maximum atomic E-state index is 12.8. The van der Waals surface area contributed by atoms with Crippen molar-refractivity contribution in [3.63, 3.8) is 0 Å². The van der Waals surface area contributed by atoms with E-state index in [1.54, 1.807) is 6.07 Å². The van der Waals surface area contributed by atoms with Crippen molar-refractivity contribution >= 4 is 28.4 Å². The molecule has 4 nitrogen and oxygen atoms in total. The number of fused-ring (bicyclic) bond motifs is 1. The van der Waals surface area contributed by atoms with E-state index in [1.165, 1.54) is 0 Å². The third kappa shape index (κ3) is 2.74. The number of aromatic nitrogens is 1. The van der Waals surface area contributed by atoms with Crippen LogP contribution >= 0.6 is 11.6 Å². The molecule has 0 bridgehead atoms. The first-order valence-corrected chi connectivity index (χ1v) is 7.49. The lowest BCUT2D eigenvalue weighted by Gasteiger charge is -2.37. The van der Waals surface area contributed by atoms with Gasteiger partial charge < -0.3 is 9.80 Å². The van der Waals surface area contributed by atoms with Gasteiger partial charge in [0.05, 0.1) is 11.1 Å². The minimum atomic E-state index is 0.0375. The topological polar surface area (TPSA) is 36.4 Å². The van der Waals surface area contributed by atoms with Gasteiger partial charge in [-0.15, -0.1) is 0 Å². The number of halogens is 1. The number of nitrogens with zero attached hydrogens (tertiary/aromatic N) is 3. The summed E-state index contributed by atoms with van der Waals surface area (Å²) >= 11 is 6.07. The van der Waals surface area contributed by atoms with Gasteiger partial charge in [0, 0.05) is 31.1 Å². The molecule has 1 aromatic heterocycles. The largest absolute Gasteiger partial charge is 0.336 e. The average molecular weight is 304 g/mol. The molecule has 5 heteroatoms. The highest BCUT2D eigenvalue weighted by Gasteiger charge is 2.26. The highest BCUT2D eigenvalue weighted by Crippen LogP contribution is 2.23. The zero-order chi connectivity index (χ0) is 15.0. The van der Waals surface area contributed by atoms with Crippen LogP contribution in [0.4, 0.5) is 0 Å². The van der Waals surface area contributed by atoms with E-state index >= 15 is 0 Å². The van der Waals surface area contributed by atoms with Gasteiger partial charge in [-0.2, -0.15) is 0 Å². The molecule has 1 unspecified atom stereocenters. The van der Waals surface area contributed by atoms with E-state index < -0.39 is 0 Å². The fraction of sp³-hybridized carbons (Fsp3) is 0.375. The van der Waals surface area contributed by atoms with Gasteiger partial charge >= 0.3 is 0 Å². The van der Waals surface area contributed by atoms with Gasteiger partial charge in [-0.05, 0) is 26.1 Å². The molecule has 2 aromatic rings. The molecule has 0 aliphatic carbocycles. The Labute approximate surface area is 129 Å². The summed E-state index contributed by atoms with van der Waals surface area (Å²) in [5.41, 5.74) is 1.40. The Morgan fingerprint density at radius 3 is 2.86 bits per heavy atom. The number of amides is 1. The van der Waals surface area contributed by atoms with Crippen LogP contribution in [-0.2, 0) is 0 Å². The van der Waals surface area contributed by atoms with Crippen molar-refractivity contribution in [2.75, 3.05) is 26.7 Å². The fourth-order valence-corrected chi connectivity index (χ4v) is 2.92. The second-order valence-electron chi connectivity index (χ2n) is 5.59. The lowest BCUT2D eigenvalue weighted by molar-refractivity contribution is 0.0574. The molecule has 1 aromatic carbocycles. The Hall–Kier alpha value is -1.65. The smallest absolute Gasteiger partial charge is 0.254 e. The first-order valence-electron chi connectivity index (χ1n) is 7.11. The van der Waals surface area contributed by atoms with Gasteiger partial charge in [-0.25, -0.2) is 4.98 Å². The summed E-state index contributed by atoms with van der Waals surface area (Å²) in [5, 5.41) is 1.22. The number of rotatable bonds is 1. The maximum absolute atomic E-state index is 12.8. The Morgan fingerprint density at radius 2 is 2.10 bits per heavy atom. The standard InChI is InChI=1S/C16H18ClN3O/c1-11-10-20(8-7-19(11)2)16(21)13-9-15(17)18-14-6-4-3-5-12(13)14/h3-6,9,11H,7-8,10H2,1-2H3. The Balaban J connectivity index is 1.98. The number of carbonyl (C=O) groups is 1. The Kier molecular flexibility index (Phi) is 3.83. The van der Waals surface area contributed by atoms with E-state index in [0.29, 0.717) is 16.8 Å². The van der Waals surface area contributed by atoms with E-state index in [1.807, 2.05) is 29.2 Å². The molecule has 110 valence electrons. The summed E-state index contributed by atoms with van der Waals surface area (Å²) in [4.78, 5) is 21.3. The van der Waals surface area contributed by atoms with Gasteiger partial charge in [0.25, 0.3) is 5.91 Å². The number of pyridine rings is 1. The van der Waals surface area contributed by atoms with Gasteiger partial charge in [-0.3, -0.25) is 4.79 Å². The number of hydrogen-bond acceptors (Lipinski definition) is 3. The van der Waals surface area contributed by atoms with Crippen molar-refractivity contribution in [1.82, 2.24) is 14.8 Å². The van der Waals surface area contributed by atoms with Crippen molar-refractivity contribution in [2.24, 2.45) is 0 Å². The van der Waals surface area contributed by atoms with Crippen LogP contribution in [0.15, 0.2) is 30.3 Å². The number of piperazine rings is 1. The molecule has 3 rings (SSSR count). The third-order valence-electron chi connectivity index (χ3n) is 4.16. The minimum absolute atomic E-state index is 0.0375. The fourth-order valence-electron chi connectivity index (χ4n) is 2.72. The Morgan fingerprint density at radius 1 is 1.33 bits per heavy atom. The van der Waals surface area contributed by atoms with Gasteiger partial charge in [0.15, 0.2) is 0 Å². The molecule has 1 saturated heterocycles. The predicted octanol–water partition coefficient (Wildman–Crippen LogP) is 2.66. The zero-order valence-corrected chi connectivity index (χ0v) is 13.0. The number of para-hydroxylation sites is 1. The summed E-state index contributed by atoms with van der Waals surface area (Å²) < 4.78 is 0. The van der Waals surface area contributed by atoms with Crippen molar-refractivity contribution in [3.8, 4) is 0 Å². The van der Waals surface area contributed by atoms with E-state index in [-0.39, 0.29) is 5.91 Å². The molecular weight excluding hydrogens is 286 g/mol. The van der Waals surface area contributed by atoms with E-state index in [4.69, 9.17) is 11.6 Å². The minimum Gasteiger partial charge on any atom is -0.336 e. The molecule has 1 fully saturated rings. The molecule has 0 saturated carbocycles. The highest BCUT2D eigenvalue weighted by molar-refractivity contribution is 6.30. The molecule has 0 spiro atoms. The van der Waals surface area contributed by atoms with Crippen LogP contribution in [0.3, 0.4) is 0 Å². The molecule has 1 aliphatic rings. The zero-order valence-electron chi connectivity index (χ0n) is 12.2. The summed E-state index contributed by atoms with van der Waals surface area (Å²) in [6.45, 7) is 4.51. The SMILES string of the molecule is CC1CN(C(=O)c2cc(Cl)nc3ccccc23)CCN1C. The van der Waals surface area contributed by atoms with Crippen molar-refractivity contribution < 1.29 is 4.79 Å². The van der Waals surface area contributed by atoms with Crippen molar-refractivity contribution in [3.05, 3.63) is 41.0 Å². The van der Waals surface area contributed by atoms with Crippen LogP contribution in [-0.4, -0.2) is 53.4 Å². The summed E-state index contributed by atoms with van der Waals surface area (Å²) in [5.74, 6) is 0.0375. The van der Waals surface area contributed by atoms with Crippen LogP contribution in [0.1, 0.15) is 17.3 Å². The average Bonchev–Trinajstić information content (AvgIpc) is 2.48. The Bertz CT molecular complexity index is 688. The number of carbonyl (C=O) groups excluding carboxylic acids is 1. The maximum Gasteiger partial charge on any atom is 0.254 e. The second-order valence-corrected chi connectivity index (χ2v) is 5.98. The summed E-state index contributed by atoms with van der Waals surface area (Å²) in [7, 11) is 2.09. The molecule has 0 radical (unpaired) electrons. The van der Waals surface area contributed by atoms with Crippen molar-refractivity contribution in [2.45, 2.75) is 13.0 Å². The highest BCUT2D eigenvalue weighted by atomic mass is 35.5. The molecular formula is C16H18ClN3O. The van der Waals surface area contributed by atoms with Crippen LogP contribution in [0, 0.1) is 0 Å². The first kappa shape index (κ1) is 14.3. The lowest BCUT2D eigenvalue weighted by Crippen LogP contribution is -2.52. The van der Waals surface area contributed by atoms with Crippen LogP contribution in [0.2, 0.25) is 5.15 Å².